The summed E-state index contributed by atoms with van der Waals surface area (Å²) in [6.45, 7) is 4.16. The van der Waals surface area contributed by atoms with Crippen molar-refractivity contribution in [2.45, 2.75) is 31.3 Å². The molecule has 2 amide bonds. The van der Waals surface area contributed by atoms with E-state index in [1.807, 2.05) is 19.1 Å². The van der Waals surface area contributed by atoms with Gasteiger partial charge in [-0.25, -0.2) is 9.59 Å². The fourth-order valence-electron chi connectivity index (χ4n) is 3.60. The second-order valence-corrected chi connectivity index (χ2v) is 10.00. The molecule has 0 fully saturated rings. The smallest absolute Gasteiger partial charge is 0.338 e. The predicted octanol–water partition coefficient (Wildman–Crippen LogP) is 6.67. The van der Waals surface area contributed by atoms with Crippen LogP contribution >= 0.6 is 35.0 Å². The molecule has 0 spiro atoms. The number of thioether (sulfide) groups is 1. The maximum absolute atomic E-state index is 12.6. The van der Waals surface area contributed by atoms with Gasteiger partial charge >= 0.3 is 12.0 Å². The average Bonchev–Trinajstić information content (AvgIpc) is 3.31. The molecule has 2 N–H and O–H groups in total. The number of carbonyl (C=O) groups is 2. The number of rotatable bonds is 9. The van der Waals surface area contributed by atoms with E-state index in [1.54, 1.807) is 54.0 Å². The van der Waals surface area contributed by atoms with Crippen molar-refractivity contribution in [3.05, 3.63) is 99.3 Å². The van der Waals surface area contributed by atoms with E-state index in [-0.39, 0.29) is 6.54 Å². The van der Waals surface area contributed by atoms with Crippen LogP contribution in [-0.4, -0.2) is 33.4 Å². The Morgan fingerprint density at radius 2 is 1.82 bits per heavy atom. The molecule has 0 bridgehead atoms. The Morgan fingerprint density at radius 3 is 2.55 bits per heavy atom. The van der Waals surface area contributed by atoms with Gasteiger partial charge in [-0.05, 0) is 61.9 Å². The Hall–Kier alpha value is -3.53. The predicted molar refractivity (Wildman–Crippen MR) is 150 cm³/mol. The average molecular weight is 571 g/mol. The number of aryl methyl sites for hydroxylation is 1. The van der Waals surface area contributed by atoms with Gasteiger partial charge in [-0.2, -0.15) is 0 Å². The third-order valence-electron chi connectivity index (χ3n) is 5.36. The Bertz CT molecular complexity index is 1440. The van der Waals surface area contributed by atoms with Gasteiger partial charge in [0.15, 0.2) is 11.0 Å². The summed E-state index contributed by atoms with van der Waals surface area (Å²) >= 11 is 14.3. The van der Waals surface area contributed by atoms with Crippen LogP contribution in [0.3, 0.4) is 0 Å². The van der Waals surface area contributed by atoms with Crippen LogP contribution in [0.5, 0.6) is 0 Å². The number of nitrogens with zero attached hydrogens (tertiary/aromatic N) is 3. The molecule has 0 radical (unpaired) electrons. The second-order valence-electron chi connectivity index (χ2n) is 8.21. The van der Waals surface area contributed by atoms with Gasteiger partial charge in [0.2, 0.25) is 0 Å². The monoisotopic (exact) mass is 569 g/mol. The molecular formula is C27H25Cl2N5O3S. The van der Waals surface area contributed by atoms with Crippen LogP contribution in [-0.2, 0) is 17.0 Å². The number of urea groups is 1. The van der Waals surface area contributed by atoms with Gasteiger partial charge in [0.25, 0.3) is 0 Å². The van der Waals surface area contributed by atoms with Gasteiger partial charge in [0.1, 0.15) is 0 Å². The SMILES string of the molecule is CCOC(=O)c1ccc(NC(=O)NCc2nnc(SCc3cccc(C)c3)n2-c2cc(Cl)ccc2Cl)cc1. The van der Waals surface area contributed by atoms with Gasteiger partial charge in [0, 0.05) is 16.5 Å². The number of amides is 2. The number of carbonyl (C=O) groups excluding carboxylic acids is 2. The van der Waals surface area contributed by atoms with Gasteiger partial charge < -0.3 is 15.4 Å². The zero-order chi connectivity index (χ0) is 27.1. The van der Waals surface area contributed by atoms with Gasteiger partial charge in [-0.3, -0.25) is 4.57 Å². The highest BCUT2D eigenvalue weighted by Crippen LogP contribution is 2.31. The molecule has 0 aliphatic carbocycles. The molecule has 38 heavy (non-hydrogen) atoms. The molecule has 4 aromatic rings. The van der Waals surface area contributed by atoms with Crippen molar-refractivity contribution >= 4 is 52.7 Å². The van der Waals surface area contributed by atoms with E-state index in [1.165, 1.54) is 17.3 Å². The van der Waals surface area contributed by atoms with E-state index in [0.29, 0.717) is 50.3 Å². The fourth-order valence-corrected chi connectivity index (χ4v) is 4.87. The molecular weight excluding hydrogens is 545 g/mol. The van der Waals surface area contributed by atoms with Gasteiger partial charge in [-0.15, -0.1) is 10.2 Å². The van der Waals surface area contributed by atoms with Crippen LogP contribution in [0, 0.1) is 6.92 Å². The summed E-state index contributed by atoms with van der Waals surface area (Å²) in [5.41, 5.74) is 3.86. The summed E-state index contributed by atoms with van der Waals surface area (Å²) in [5.74, 6) is 0.737. The van der Waals surface area contributed by atoms with E-state index in [2.05, 4.69) is 33.0 Å². The normalized spacial score (nSPS) is 10.7. The number of anilines is 1. The molecule has 1 aromatic heterocycles. The van der Waals surface area contributed by atoms with Crippen LogP contribution in [0.4, 0.5) is 10.5 Å². The maximum Gasteiger partial charge on any atom is 0.338 e. The highest BCUT2D eigenvalue weighted by Gasteiger charge is 2.18. The first-order chi connectivity index (χ1) is 18.3. The summed E-state index contributed by atoms with van der Waals surface area (Å²) in [7, 11) is 0. The Morgan fingerprint density at radius 1 is 1.03 bits per heavy atom. The molecule has 196 valence electrons. The summed E-state index contributed by atoms with van der Waals surface area (Å²) in [6.07, 6.45) is 0. The zero-order valence-electron chi connectivity index (χ0n) is 20.7. The minimum atomic E-state index is -0.449. The van der Waals surface area contributed by atoms with Crippen LogP contribution in [0.25, 0.3) is 5.69 Å². The van der Waals surface area contributed by atoms with Crippen molar-refractivity contribution in [2.75, 3.05) is 11.9 Å². The lowest BCUT2D eigenvalue weighted by Crippen LogP contribution is -2.29. The number of halogens is 2. The first kappa shape index (κ1) is 27.5. The first-order valence-corrected chi connectivity index (χ1v) is 13.5. The number of aromatic nitrogens is 3. The Kier molecular flexibility index (Phi) is 9.28. The van der Waals surface area contributed by atoms with Crippen molar-refractivity contribution in [3.8, 4) is 5.69 Å². The second kappa shape index (κ2) is 12.8. The molecule has 3 aromatic carbocycles. The maximum atomic E-state index is 12.6. The Balaban J connectivity index is 1.49. The number of hydrogen-bond acceptors (Lipinski definition) is 6. The number of esters is 1. The number of benzene rings is 3. The minimum Gasteiger partial charge on any atom is -0.462 e. The van der Waals surface area contributed by atoms with E-state index in [0.717, 1.165) is 5.56 Å². The van der Waals surface area contributed by atoms with Crippen LogP contribution in [0.1, 0.15) is 34.2 Å². The molecule has 1 heterocycles. The minimum absolute atomic E-state index is 0.0770. The van der Waals surface area contributed by atoms with Crippen molar-refractivity contribution in [2.24, 2.45) is 0 Å². The van der Waals surface area contributed by atoms with Gasteiger partial charge in [0.05, 0.1) is 29.4 Å². The lowest BCUT2D eigenvalue weighted by atomic mass is 10.2. The summed E-state index contributed by atoms with van der Waals surface area (Å²) in [4.78, 5) is 24.4. The molecule has 0 aliphatic heterocycles. The first-order valence-electron chi connectivity index (χ1n) is 11.7. The van der Waals surface area contributed by atoms with E-state index in [4.69, 9.17) is 27.9 Å². The highest BCUT2D eigenvalue weighted by molar-refractivity contribution is 7.98. The molecule has 0 saturated heterocycles. The van der Waals surface area contributed by atoms with Crippen molar-refractivity contribution < 1.29 is 14.3 Å². The summed E-state index contributed by atoms with van der Waals surface area (Å²) in [5, 5.41) is 15.8. The van der Waals surface area contributed by atoms with Crippen molar-refractivity contribution in [1.29, 1.82) is 0 Å². The largest absolute Gasteiger partial charge is 0.462 e. The Labute approximate surface area is 234 Å². The molecule has 0 unspecified atom stereocenters. The third kappa shape index (κ3) is 7.06. The summed E-state index contributed by atoms with van der Waals surface area (Å²) in [6, 6.07) is 19.4. The zero-order valence-corrected chi connectivity index (χ0v) is 23.0. The number of ether oxygens (including phenoxy) is 1. The molecule has 11 heteroatoms. The summed E-state index contributed by atoms with van der Waals surface area (Å²) < 4.78 is 6.77. The van der Waals surface area contributed by atoms with E-state index >= 15 is 0 Å². The van der Waals surface area contributed by atoms with Crippen molar-refractivity contribution in [3.63, 3.8) is 0 Å². The lowest BCUT2D eigenvalue weighted by Gasteiger charge is -2.13. The highest BCUT2D eigenvalue weighted by atomic mass is 35.5. The topological polar surface area (TPSA) is 98.1 Å². The molecule has 4 rings (SSSR count). The van der Waals surface area contributed by atoms with Gasteiger partial charge in [-0.1, -0.05) is 64.8 Å². The molecule has 0 saturated carbocycles. The molecule has 8 nitrogen and oxygen atoms in total. The van der Waals surface area contributed by atoms with E-state index < -0.39 is 12.0 Å². The standard InChI is InChI=1S/C27H25Cl2N5O3S/c1-3-37-25(35)19-7-10-21(11-8-19)31-26(36)30-15-24-32-33-27(38-16-18-6-4-5-17(2)13-18)34(24)23-14-20(28)9-12-22(23)29/h4-14H,3,15-16H2,1-2H3,(H2,30,31,36). The number of nitrogens with one attached hydrogen (secondary N) is 2. The molecule has 0 aliphatic rings. The van der Waals surface area contributed by atoms with E-state index in [9.17, 15) is 9.59 Å². The van der Waals surface area contributed by atoms with Crippen LogP contribution in [0.2, 0.25) is 10.0 Å². The fraction of sp³-hybridized carbons (Fsp3) is 0.185. The van der Waals surface area contributed by atoms with Crippen LogP contribution < -0.4 is 10.6 Å². The van der Waals surface area contributed by atoms with Crippen LogP contribution in [0.15, 0.2) is 71.9 Å². The number of hydrogen-bond donors (Lipinski definition) is 2. The molecule has 0 atom stereocenters. The quantitative estimate of drug-likeness (QED) is 0.172. The lowest BCUT2D eigenvalue weighted by molar-refractivity contribution is 0.0526. The third-order valence-corrected chi connectivity index (χ3v) is 6.92. The van der Waals surface area contributed by atoms with Crippen molar-refractivity contribution in [1.82, 2.24) is 20.1 Å².